The molecule has 27 heavy (non-hydrogen) atoms. The summed E-state index contributed by atoms with van der Waals surface area (Å²) >= 11 is 0. The maximum atomic E-state index is 11.2. The number of guanidine groups is 1. The van der Waals surface area contributed by atoms with Crippen molar-refractivity contribution in [3.63, 3.8) is 0 Å². The molecule has 0 unspecified atom stereocenters. The summed E-state index contributed by atoms with van der Waals surface area (Å²) in [5, 5.41) is 26.6. The van der Waals surface area contributed by atoms with Gasteiger partial charge in [0.2, 0.25) is 0 Å². The number of carbonyl (C=O) groups is 2. The lowest BCUT2D eigenvalue weighted by Gasteiger charge is -2.32. The van der Waals surface area contributed by atoms with Crippen LogP contribution < -0.4 is 17.2 Å². The number of halogens is 3. The van der Waals surface area contributed by atoms with Crippen LogP contribution in [0.4, 0.5) is 13.2 Å². The molecule has 0 aromatic carbocycles. The average Bonchev–Trinajstić information content (AvgIpc) is 2.83. The number of aliphatic carboxylic acids is 2. The molecule has 5 atom stereocenters. The predicted octanol–water partition coefficient (Wildman–Crippen LogP) is 0.107. The van der Waals surface area contributed by atoms with Crippen molar-refractivity contribution in [1.82, 2.24) is 0 Å². The van der Waals surface area contributed by atoms with Crippen LogP contribution in [0.25, 0.3) is 0 Å². The van der Waals surface area contributed by atoms with Gasteiger partial charge in [-0.3, -0.25) is 4.79 Å². The smallest absolute Gasteiger partial charge is 0.481 e. The van der Waals surface area contributed by atoms with Crippen molar-refractivity contribution in [1.29, 1.82) is 0 Å². The van der Waals surface area contributed by atoms with Crippen LogP contribution in [0.1, 0.15) is 33.1 Å². The van der Waals surface area contributed by atoms with Crippen molar-refractivity contribution in [2.24, 2.45) is 39.9 Å². The molecule has 0 aromatic heterocycles. The molecule has 0 amide bonds. The first kappa shape index (κ1) is 24.9. The van der Waals surface area contributed by atoms with Gasteiger partial charge in [0, 0.05) is 12.0 Å². The molecular weight excluding hydrogens is 373 g/mol. The van der Waals surface area contributed by atoms with Crippen LogP contribution in [0.5, 0.6) is 0 Å². The van der Waals surface area contributed by atoms with E-state index in [-0.39, 0.29) is 24.3 Å². The number of carboxylic acid groups (broad SMARTS) is 2. The van der Waals surface area contributed by atoms with E-state index < -0.39 is 42.1 Å². The van der Waals surface area contributed by atoms with Gasteiger partial charge >= 0.3 is 18.1 Å². The van der Waals surface area contributed by atoms with Crippen molar-refractivity contribution >= 4 is 17.9 Å². The third-order valence-corrected chi connectivity index (χ3v) is 4.66. The van der Waals surface area contributed by atoms with E-state index in [9.17, 15) is 28.2 Å². The van der Waals surface area contributed by atoms with Gasteiger partial charge in [-0.05, 0) is 12.3 Å². The van der Waals surface area contributed by atoms with Crippen LogP contribution in [-0.2, 0) is 9.59 Å². The Labute approximate surface area is 154 Å². The number of aliphatic hydroxyl groups excluding tert-OH is 1. The maximum Gasteiger partial charge on any atom is 0.490 e. The lowest BCUT2D eigenvalue weighted by molar-refractivity contribution is -0.192. The molecule has 0 aliphatic heterocycles. The first-order valence-corrected chi connectivity index (χ1v) is 8.33. The quantitative estimate of drug-likeness (QED) is 0.268. The zero-order chi connectivity index (χ0) is 21.5. The Balaban J connectivity index is 0.000000821. The Hall–Kier alpha value is -2.08. The fourth-order valence-corrected chi connectivity index (χ4v) is 3.26. The van der Waals surface area contributed by atoms with E-state index in [1.807, 2.05) is 13.8 Å². The van der Waals surface area contributed by atoms with Crippen molar-refractivity contribution < 1.29 is 38.1 Å². The molecule has 158 valence electrons. The number of carboxylic acids is 2. The van der Waals surface area contributed by atoms with Gasteiger partial charge in [0.1, 0.15) is 0 Å². The lowest BCUT2D eigenvalue weighted by Crippen LogP contribution is -2.46. The summed E-state index contributed by atoms with van der Waals surface area (Å²) in [4.78, 5) is 24.2. The predicted molar refractivity (Wildman–Crippen MR) is 90.6 cm³/mol. The Morgan fingerprint density at radius 2 is 1.63 bits per heavy atom. The Kier molecular flexibility index (Phi) is 9.51. The molecule has 12 heteroatoms. The highest BCUT2D eigenvalue weighted by atomic mass is 19.4. The Morgan fingerprint density at radius 1 is 1.19 bits per heavy atom. The third-order valence-electron chi connectivity index (χ3n) is 4.66. The van der Waals surface area contributed by atoms with E-state index in [0.29, 0.717) is 0 Å². The summed E-state index contributed by atoms with van der Waals surface area (Å²) in [7, 11) is 0. The van der Waals surface area contributed by atoms with Crippen LogP contribution in [0.3, 0.4) is 0 Å². The van der Waals surface area contributed by atoms with E-state index in [0.717, 1.165) is 12.8 Å². The first-order chi connectivity index (χ1) is 12.3. The largest absolute Gasteiger partial charge is 0.490 e. The molecular formula is C15H27F3N4O5. The lowest BCUT2D eigenvalue weighted by atomic mass is 9.81. The zero-order valence-electron chi connectivity index (χ0n) is 15.1. The first-order valence-electron chi connectivity index (χ1n) is 8.33. The van der Waals surface area contributed by atoms with Crippen LogP contribution in [0, 0.1) is 17.8 Å². The molecule has 9 N–H and O–H groups in total. The van der Waals surface area contributed by atoms with Gasteiger partial charge in [-0.25, -0.2) is 9.79 Å². The van der Waals surface area contributed by atoms with Crippen LogP contribution in [-0.4, -0.2) is 57.6 Å². The number of aliphatic hydroxyl groups is 1. The monoisotopic (exact) mass is 400 g/mol. The number of nitrogens with zero attached hydrogens (tertiary/aromatic N) is 1. The molecule has 9 nitrogen and oxygen atoms in total. The average molecular weight is 400 g/mol. The molecule has 1 aliphatic rings. The number of rotatable bonds is 6. The second kappa shape index (κ2) is 10.3. The number of aliphatic imine (C=N–C) groups is 1. The molecule has 1 fully saturated rings. The van der Waals surface area contributed by atoms with E-state index in [1.165, 1.54) is 0 Å². The maximum absolute atomic E-state index is 11.2. The SMILES string of the molecule is CCC(CC)[C@H](N)[C@@H]1[C@H](O)[C@@H](C(=O)O)C[C@H]1N=C(N)N.O=C(O)C(F)(F)F. The van der Waals surface area contributed by atoms with E-state index in [4.69, 9.17) is 27.1 Å². The topological polar surface area (TPSA) is 185 Å². The van der Waals surface area contributed by atoms with E-state index >= 15 is 0 Å². The number of hydrogen-bond acceptors (Lipinski definition) is 5. The minimum absolute atomic E-state index is 0.102. The van der Waals surface area contributed by atoms with Crippen molar-refractivity contribution in [2.75, 3.05) is 0 Å². The molecule has 1 aliphatic carbocycles. The summed E-state index contributed by atoms with van der Waals surface area (Å²) in [6.07, 6.45) is -4.15. The second-order valence-electron chi connectivity index (χ2n) is 6.33. The number of nitrogens with two attached hydrogens (primary N) is 3. The van der Waals surface area contributed by atoms with Gasteiger partial charge in [0.15, 0.2) is 5.96 Å². The third kappa shape index (κ3) is 7.21. The fourth-order valence-electron chi connectivity index (χ4n) is 3.26. The van der Waals surface area contributed by atoms with E-state index in [1.54, 1.807) is 0 Å². The molecule has 1 rings (SSSR count). The summed E-state index contributed by atoms with van der Waals surface area (Å²) in [5.41, 5.74) is 17.1. The summed E-state index contributed by atoms with van der Waals surface area (Å²) in [6, 6.07) is -0.760. The van der Waals surface area contributed by atoms with Crippen molar-refractivity contribution in [3.05, 3.63) is 0 Å². The molecule has 0 aromatic rings. The minimum atomic E-state index is -5.08. The van der Waals surface area contributed by atoms with Gasteiger partial charge in [0.25, 0.3) is 0 Å². The standard InChI is InChI=1S/C13H26N4O3.C2HF3O2/c1-3-6(4-2)10(14)9-8(17-13(15)16)5-7(11(9)18)12(19)20;3-2(4,5)1(6)7/h6-11,18H,3-5,14H2,1-2H3,(H,19,20)(H4,15,16,17);(H,6,7)/t7-,8+,9+,10-,11+;/m0./s1. The van der Waals surface area contributed by atoms with Gasteiger partial charge in [-0.15, -0.1) is 0 Å². The van der Waals surface area contributed by atoms with Crippen LogP contribution in [0.15, 0.2) is 4.99 Å². The summed E-state index contributed by atoms with van der Waals surface area (Å²) < 4.78 is 31.7. The summed E-state index contributed by atoms with van der Waals surface area (Å²) in [5.74, 6) is -4.98. The highest BCUT2D eigenvalue weighted by Crippen LogP contribution is 2.38. The molecule has 0 heterocycles. The Bertz CT molecular complexity index is 536. The Morgan fingerprint density at radius 3 is 1.93 bits per heavy atom. The minimum Gasteiger partial charge on any atom is -0.481 e. The number of alkyl halides is 3. The van der Waals surface area contributed by atoms with Gasteiger partial charge in [-0.2, -0.15) is 13.2 Å². The number of hydrogen-bond donors (Lipinski definition) is 6. The molecule has 0 radical (unpaired) electrons. The normalized spacial score (nSPS) is 26.1. The van der Waals surface area contributed by atoms with Crippen molar-refractivity contribution in [3.8, 4) is 0 Å². The van der Waals surface area contributed by atoms with Crippen LogP contribution in [0.2, 0.25) is 0 Å². The fraction of sp³-hybridized carbons (Fsp3) is 0.800. The van der Waals surface area contributed by atoms with Gasteiger partial charge in [0.05, 0.1) is 18.1 Å². The van der Waals surface area contributed by atoms with Gasteiger partial charge in [-0.1, -0.05) is 26.7 Å². The molecule has 0 spiro atoms. The second-order valence-corrected chi connectivity index (χ2v) is 6.33. The van der Waals surface area contributed by atoms with Crippen molar-refractivity contribution in [2.45, 2.75) is 57.5 Å². The molecule has 0 bridgehead atoms. The highest BCUT2D eigenvalue weighted by Gasteiger charge is 2.49. The zero-order valence-corrected chi connectivity index (χ0v) is 15.1. The van der Waals surface area contributed by atoms with Gasteiger partial charge < -0.3 is 32.5 Å². The van der Waals surface area contributed by atoms with E-state index in [2.05, 4.69) is 4.99 Å². The molecule has 1 saturated carbocycles. The van der Waals surface area contributed by atoms with Crippen LogP contribution >= 0.6 is 0 Å². The summed E-state index contributed by atoms with van der Waals surface area (Å²) in [6.45, 7) is 4.05. The molecule has 0 saturated heterocycles. The highest BCUT2D eigenvalue weighted by molar-refractivity contribution is 5.76.